The minimum atomic E-state index is -4.54. The molecule has 3 aromatic rings. The number of fused-ring (bicyclic) bond motifs is 1. The zero-order valence-electron chi connectivity index (χ0n) is 14.5. The molecule has 0 aliphatic heterocycles. The second kappa shape index (κ2) is 7.31. The number of aromatic nitrogens is 4. The number of halogens is 3. The smallest absolute Gasteiger partial charge is 0.418 e. The van der Waals surface area contributed by atoms with Crippen molar-refractivity contribution < 1.29 is 17.9 Å². The van der Waals surface area contributed by atoms with Crippen LogP contribution in [0.4, 0.5) is 13.2 Å². The third-order valence-corrected chi connectivity index (χ3v) is 3.92. The normalized spacial score (nSPS) is 12.1. The summed E-state index contributed by atoms with van der Waals surface area (Å²) in [7, 11) is 0. The van der Waals surface area contributed by atoms with Gasteiger partial charge in [0.25, 0.3) is 0 Å². The van der Waals surface area contributed by atoms with E-state index in [0.29, 0.717) is 23.6 Å². The molecule has 0 fully saturated rings. The van der Waals surface area contributed by atoms with Crippen LogP contribution in [0.2, 0.25) is 0 Å². The van der Waals surface area contributed by atoms with Crippen molar-refractivity contribution in [3.05, 3.63) is 36.0 Å². The van der Waals surface area contributed by atoms with E-state index in [2.05, 4.69) is 34.0 Å². The van der Waals surface area contributed by atoms with E-state index in [0.717, 1.165) is 18.9 Å². The third-order valence-electron chi connectivity index (χ3n) is 3.92. The Kier molecular flexibility index (Phi) is 5.11. The van der Waals surface area contributed by atoms with Crippen molar-refractivity contribution in [3.63, 3.8) is 0 Å². The summed E-state index contributed by atoms with van der Waals surface area (Å²) in [6.07, 6.45) is -1.23. The summed E-state index contributed by atoms with van der Waals surface area (Å²) in [5.74, 6) is 0.696. The van der Waals surface area contributed by atoms with Crippen molar-refractivity contribution in [3.8, 4) is 17.3 Å². The molecule has 1 N–H and O–H groups in total. The van der Waals surface area contributed by atoms with Gasteiger partial charge in [0.1, 0.15) is 5.69 Å². The van der Waals surface area contributed by atoms with Crippen LogP contribution in [0.15, 0.2) is 30.5 Å². The largest absolute Gasteiger partial charge is 0.478 e. The van der Waals surface area contributed by atoms with Gasteiger partial charge in [-0.05, 0) is 37.0 Å². The van der Waals surface area contributed by atoms with Gasteiger partial charge in [0.15, 0.2) is 5.65 Å². The summed E-state index contributed by atoms with van der Waals surface area (Å²) in [6, 6.07) is 5.53. The maximum Gasteiger partial charge on any atom is 0.418 e. The molecule has 0 spiro atoms. The first-order chi connectivity index (χ1) is 12.4. The van der Waals surface area contributed by atoms with E-state index in [1.807, 2.05) is 0 Å². The second-order valence-corrected chi connectivity index (χ2v) is 6.40. The summed E-state index contributed by atoms with van der Waals surface area (Å²) in [6.45, 7) is 4.61. The molecule has 0 aliphatic rings. The number of hydrogen-bond acceptors (Lipinski definition) is 4. The third kappa shape index (κ3) is 3.95. The van der Waals surface area contributed by atoms with Crippen LogP contribution in [-0.4, -0.2) is 26.8 Å². The molecule has 0 aliphatic carbocycles. The molecule has 5 nitrogen and oxygen atoms in total. The lowest BCUT2D eigenvalue weighted by Gasteiger charge is -2.13. The molecule has 8 heteroatoms. The van der Waals surface area contributed by atoms with Crippen molar-refractivity contribution in [2.45, 2.75) is 32.9 Å². The molecule has 3 rings (SSSR count). The standard InChI is InChI=1S/C18H19F3N4O/c1-11(2)5-4-10-26-14-8-7-13(18(19,20)21)16(23-14)15-12-6-3-9-22-17(12)25-24-15/h3,6-9,11H,4-5,10H2,1-2H3,(H,22,24,25). The van der Waals surface area contributed by atoms with Gasteiger partial charge in [-0.25, -0.2) is 9.97 Å². The van der Waals surface area contributed by atoms with Crippen LogP contribution < -0.4 is 4.74 Å². The number of alkyl halides is 3. The molecule has 138 valence electrons. The van der Waals surface area contributed by atoms with Gasteiger partial charge < -0.3 is 4.74 Å². The zero-order chi connectivity index (χ0) is 18.7. The average Bonchev–Trinajstić information content (AvgIpc) is 3.01. The van der Waals surface area contributed by atoms with Crippen LogP contribution in [-0.2, 0) is 6.18 Å². The highest BCUT2D eigenvalue weighted by Crippen LogP contribution is 2.38. The molecule has 3 aromatic heterocycles. The Bertz CT molecular complexity index is 890. The number of ether oxygens (including phenoxy) is 1. The first-order valence-electron chi connectivity index (χ1n) is 8.36. The average molecular weight is 364 g/mol. The van der Waals surface area contributed by atoms with Crippen molar-refractivity contribution in [1.82, 2.24) is 20.2 Å². The summed E-state index contributed by atoms with van der Waals surface area (Å²) < 4.78 is 45.9. The number of nitrogens with one attached hydrogen (secondary N) is 1. The fourth-order valence-electron chi connectivity index (χ4n) is 2.64. The highest BCUT2D eigenvalue weighted by Gasteiger charge is 2.35. The molecule has 0 atom stereocenters. The molecular weight excluding hydrogens is 345 g/mol. The lowest BCUT2D eigenvalue weighted by atomic mass is 10.1. The van der Waals surface area contributed by atoms with Crippen LogP contribution >= 0.6 is 0 Å². The van der Waals surface area contributed by atoms with Crippen molar-refractivity contribution >= 4 is 11.0 Å². The predicted molar refractivity (Wildman–Crippen MR) is 91.7 cm³/mol. The van der Waals surface area contributed by atoms with E-state index < -0.39 is 11.7 Å². The Labute approximate surface area is 148 Å². The van der Waals surface area contributed by atoms with Gasteiger partial charge in [-0.2, -0.15) is 18.3 Å². The molecule has 0 amide bonds. The minimum absolute atomic E-state index is 0.156. The number of aromatic amines is 1. The predicted octanol–water partition coefficient (Wildman–Crippen LogP) is 4.85. The zero-order valence-corrected chi connectivity index (χ0v) is 14.5. The van der Waals surface area contributed by atoms with E-state index in [1.54, 1.807) is 12.1 Å². The van der Waals surface area contributed by atoms with Crippen LogP contribution in [0.1, 0.15) is 32.3 Å². The van der Waals surface area contributed by atoms with Gasteiger partial charge in [0.2, 0.25) is 5.88 Å². The topological polar surface area (TPSA) is 63.7 Å². The number of H-pyrrole nitrogens is 1. The fraction of sp³-hybridized carbons (Fsp3) is 0.389. The monoisotopic (exact) mass is 364 g/mol. The van der Waals surface area contributed by atoms with E-state index >= 15 is 0 Å². The van der Waals surface area contributed by atoms with Crippen molar-refractivity contribution in [2.24, 2.45) is 5.92 Å². The maximum atomic E-state index is 13.4. The summed E-state index contributed by atoms with van der Waals surface area (Å²) in [5.41, 5.74) is -0.579. The lowest BCUT2D eigenvalue weighted by molar-refractivity contribution is -0.137. The van der Waals surface area contributed by atoms with Gasteiger partial charge in [-0.3, -0.25) is 5.10 Å². The molecule has 0 bridgehead atoms. The van der Waals surface area contributed by atoms with E-state index in [4.69, 9.17) is 4.74 Å². The Hall–Kier alpha value is -2.64. The highest BCUT2D eigenvalue weighted by atomic mass is 19.4. The Balaban J connectivity index is 1.97. The van der Waals surface area contributed by atoms with Crippen molar-refractivity contribution in [1.29, 1.82) is 0 Å². The summed E-state index contributed by atoms with van der Waals surface area (Å²) in [4.78, 5) is 8.14. The molecule has 26 heavy (non-hydrogen) atoms. The molecule has 0 radical (unpaired) electrons. The van der Waals surface area contributed by atoms with E-state index in [-0.39, 0.29) is 17.3 Å². The summed E-state index contributed by atoms with van der Waals surface area (Å²) in [5, 5.41) is 7.05. The summed E-state index contributed by atoms with van der Waals surface area (Å²) >= 11 is 0. The first-order valence-corrected chi connectivity index (χ1v) is 8.36. The van der Waals surface area contributed by atoms with Gasteiger partial charge >= 0.3 is 6.18 Å². The molecule has 0 unspecified atom stereocenters. The number of hydrogen-bond donors (Lipinski definition) is 1. The minimum Gasteiger partial charge on any atom is -0.478 e. The van der Waals surface area contributed by atoms with Gasteiger partial charge in [0.05, 0.1) is 17.9 Å². The number of pyridine rings is 2. The Morgan fingerprint density at radius 2 is 2.00 bits per heavy atom. The van der Waals surface area contributed by atoms with Gasteiger partial charge in [-0.1, -0.05) is 13.8 Å². The van der Waals surface area contributed by atoms with E-state index in [1.165, 1.54) is 12.3 Å². The van der Waals surface area contributed by atoms with Gasteiger partial charge in [-0.15, -0.1) is 0 Å². The molecular formula is C18H19F3N4O. The second-order valence-electron chi connectivity index (χ2n) is 6.40. The fourth-order valence-corrected chi connectivity index (χ4v) is 2.64. The van der Waals surface area contributed by atoms with Crippen LogP contribution in [0.3, 0.4) is 0 Å². The maximum absolute atomic E-state index is 13.4. The SMILES string of the molecule is CC(C)CCCOc1ccc(C(F)(F)F)c(-c2[nH]nc3ncccc23)n1. The van der Waals surface area contributed by atoms with E-state index in [9.17, 15) is 13.2 Å². The Morgan fingerprint density at radius 3 is 2.73 bits per heavy atom. The Morgan fingerprint density at radius 1 is 1.19 bits per heavy atom. The first kappa shape index (κ1) is 18.2. The van der Waals surface area contributed by atoms with Crippen LogP contribution in [0, 0.1) is 5.92 Å². The van der Waals surface area contributed by atoms with Crippen LogP contribution in [0.25, 0.3) is 22.4 Å². The highest BCUT2D eigenvalue weighted by molar-refractivity contribution is 5.90. The number of nitrogens with zero attached hydrogens (tertiary/aromatic N) is 3. The quantitative estimate of drug-likeness (QED) is 0.635. The van der Waals surface area contributed by atoms with Crippen LogP contribution in [0.5, 0.6) is 5.88 Å². The molecule has 0 saturated heterocycles. The molecule has 3 heterocycles. The molecule has 0 aromatic carbocycles. The van der Waals surface area contributed by atoms with Gasteiger partial charge in [0, 0.05) is 17.6 Å². The molecule has 0 saturated carbocycles. The number of rotatable bonds is 6. The van der Waals surface area contributed by atoms with Crippen molar-refractivity contribution in [2.75, 3.05) is 6.61 Å². The lowest BCUT2D eigenvalue weighted by Crippen LogP contribution is -2.10.